The molecule has 0 unspecified atom stereocenters. The molecule has 0 aliphatic heterocycles. The maximum Gasteiger partial charge on any atom is 0.232 e. The van der Waals surface area contributed by atoms with Crippen molar-refractivity contribution in [2.45, 2.75) is 6.42 Å². The van der Waals surface area contributed by atoms with Crippen LogP contribution < -0.4 is 9.64 Å². The van der Waals surface area contributed by atoms with Crippen molar-refractivity contribution >= 4 is 23.3 Å². The van der Waals surface area contributed by atoms with E-state index in [1.807, 2.05) is 0 Å². The number of benzene rings is 1. The maximum absolute atomic E-state index is 13.8. The van der Waals surface area contributed by atoms with Crippen LogP contribution in [0.2, 0.25) is 5.02 Å². The van der Waals surface area contributed by atoms with E-state index in [0.717, 1.165) is 0 Å². The average molecular weight is 309 g/mol. The van der Waals surface area contributed by atoms with E-state index < -0.39 is 5.82 Å². The van der Waals surface area contributed by atoms with Crippen LogP contribution in [0.5, 0.6) is 5.75 Å². The van der Waals surface area contributed by atoms with E-state index in [1.54, 1.807) is 25.2 Å². The fourth-order valence-corrected chi connectivity index (χ4v) is 1.98. The van der Waals surface area contributed by atoms with Crippen LogP contribution in [0.1, 0.15) is 5.56 Å². The lowest BCUT2D eigenvalue weighted by atomic mass is 10.1. The number of ether oxygens (including phenoxy) is 1. The Hall–Kier alpha value is -2.14. The zero-order chi connectivity index (χ0) is 15.4. The number of anilines is 1. The second kappa shape index (κ2) is 6.54. The lowest BCUT2D eigenvalue weighted by molar-refractivity contribution is -0.117. The number of carbonyl (C=O) groups is 1. The Morgan fingerprint density at radius 3 is 2.76 bits per heavy atom. The van der Waals surface area contributed by atoms with E-state index in [2.05, 4.69) is 4.98 Å². The molecule has 1 amide bonds. The summed E-state index contributed by atoms with van der Waals surface area (Å²) >= 11 is 5.70. The maximum atomic E-state index is 13.8. The molecule has 2 aromatic rings. The summed E-state index contributed by atoms with van der Waals surface area (Å²) in [5.41, 5.74) is 0.257. The van der Waals surface area contributed by atoms with Crippen molar-refractivity contribution in [1.82, 2.24) is 4.98 Å². The van der Waals surface area contributed by atoms with Crippen molar-refractivity contribution < 1.29 is 13.9 Å². The number of pyridine rings is 1. The van der Waals surface area contributed by atoms with Crippen molar-refractivity contribution in [1.29, 1.82) is 0 Å². The topological polar surface area (TPSA) is 42.4 Å². The van der Waals surface area contributed by atoms with Crippen LogP contribution in [0.3, 0.4) is 0 Å². The highest BCUT2D eigenvalue weighted by Gasteiger charge is 2.16. The zero-order valence-corrected chi connectivity index (χ0v) is 12.4. The minimum absolute atomic E-state index is 0.00512. The van der Waals surface area contributed by atoms with Crippen molar-refractivity contribution in [2.24, 2.45) is 0 Å². The zero-order valence-electron chi connectivity index (χ0n) is 11.6. The SMILES string of the molecule is COc1ccc(N(C)C(=O)Cc2cccc(Cl)c2F)nc1. The number of carbonyl (C=O) groups excluding carboxylic acids is 1. The normalized spacial score (nSPS) is 10.3. The molecule has 0 radical (unpaired) electrons. The number of hydrogen-bond acceptors (Lipinski definition) is 3. The standard InChI is InChI=1S/C15H14ClFN2O2/c1-19(13-7-6-11(21-2)9-18-13)14(20)8-10-4-3-5-12(16)15(10)17/h3-7,9H,8H2,1-2H3. The lowest BCUT2D eigenvalue weighted by Crippen LogP contribution is -2.28. The minimum atomic E-state index is -0.566. The number of nitrogens with zero attached hydrogens (tertiary/aromatic N) is 2. The van der Waals surface area contributed by atoms with Gasteiger partial charge in [0.25, 0.3) is 0 Å². The first-order valence-corrected chi connectivity index (χ1v) is 6.60. The van der Waals surface area contributed by atoms with Crippen LogP contribution in [-0.2, 0) is 11.2 Å². The Balaban J connectivity index is 2.13. The summed E-state index contributed by atoms with van der Waals surface area (Å²) in [5.74, 6) is 0.209. The largest absolute Gasteiger partial charge is 0.495 e. The summed E-state index contributed by atoms with van der Waals surface area (Å²) in [7, 11) is 3.12. The molecule has 1 aromatic carbocycles. The Labute approximate surface area is 127 Å². The highest BCUT2D eigenvalue weighted by Crippen LogP contribution is 2.20. The fraction of sp³-hybridized carbons (Fsp3) is 0.200. The van der Waals surface area contributed by atoms with E-state index in [9.17, 15) is 9.18 Å². The van der Waals surface area contributed by atoms with Gasteiger partial charge in [-0.25, -0.2) is 9.37 Å². The number of hydrogen-bond donors (Lipinski definition) is 0. The molecule has 0 N–H and O–H groups in total. The number of aromatic nitrogens is 1. The minimum Gasteiger partial charge on any atom is -0.495 e. The van der Waals surface area contributed by atoms with Gasteiger partial charge >= 0.3 is 0 Å². The highest BCUT2D eigenvalue weighted by atomic mass is 35.5. The molecule has 1 aromatic heterocycles. The van der Waals surface area contributed by atoms with Gasteiger partial charge in [-0.2, -0.15) is 0 Å². The van der Waals surface area contributed by atoms with Crippen LogP contribution in [0, 0.1) is 5.82 Å². The van der Waals surface area contributed by atoms with E-state index >= 15 is 0 Å². The van der Waals surface area contributed by atoms with Gasteiger partial charge in [-0.05, 0) is 23.8 Å². The van der Waals surface area contributed by atoms with E-state index in [1.165, 1.54) is 30.3 Å². The molecule has 0 bridgehead atoms. The van der Waals surface area contributed by atoms with Gasteiger partial charge in [-0.15, -0.1) is 0 Å². The molecule has 110 valence electrons. The molecule has 0 fully saturated rings. The van der Waals surface area contributed by atoms with Crippen LogP contribution in [0.15, 0.2) is 36.5 Å². The van der Waals surface area contributed by atoms with Gasteiger partial charge in [-0.3, -0.25) is 9.69 Å². The molecule has 0 saturated heterocycles. The number of likely N-dealkylation sites (N-methyl/N-ethyl adjacent to an activating group) is 1. The first-order valence-electron chi connectivity index (χ1n) is 6.22. The van der Waals surface area contributed by atoms with Crippen molar-refractivity contribution in [3.8, 4) is 5.75 Å². The second-order valence-electron chi connectivity index (χ2n) is 4.40. The molecule has 21 heavy (non-hydrogen) atoms. The third-order valence-corrected chi connectivity index (χ3v) is 3.34. The molecule has 0 aliphatic carbocycles. The number of rotatable bonds is 4. The Kier molecular flexibility index (Phi) is 4.75. The number of methoxy groups -OCH3 is 1. The van der Waals surface area contributed by atoms with Crippen molar-refractivity contribution in [2.75, 3.05) is 19.1 Å². The molecule has 6 heteroatoms. The molecule has 0 spiro atoms. The summed E-state index contributed by atoms with van der Waals surface area (Å²) < 4.78 is 18.8. The van der Waals surface area contributed by atoms with Gasteiger partial charge in [0.15, 0.2) is 0 Å². The van der Waals surface area contributed by atoms with E-state index in [4.69, 9.17) is 16.3 Å². The highest BCUT2D eigenvalue weighted by molar-refractivity contribution is 6.30. The van der Waals surface area contributed by atoms with Crippen LogP contribution >= 0.6 is 11.6 Å². The number of halogens is 2. The van der Waals surface area contributed by atoms with Crippen LogP contribution in [0.25, 0.3) is 0 Å². The van der Waals surface area contributed by atoms with Gasteiger partial charge in [-0.1, -0.05) is 23.7 Å². The van der Waals surface area contributed by atoms with Crippen LogP contribution in [0.4, 0.5) is 10.2 Å². The molecule has 4 nitrogen and oxygen atoms in total. The third-order valence-electron chi connectivity index (χ3n) is 3.05. The Bertz CT molecular complexity index is 647. The van der Waals surface area contributed by atoms with E-state index in [0.29, 0.717) is 11.6 Å². The van der Waals surface area contributed by atoms with Gasteiger partial charge in [0, 0.05) is 7.05 Å². The third kappa shape index (κ3) is 3.49. The second-order valence-corrected chi connectivity index (χ2v) is 4.81. The van der Waals surface area contributed by atoms with Crippen molar-refractivity contribution in [3.63, 3.8) is 0 Å². The number of amides is 1. The summed E-state index contributed by atoms with van der Waals surface area (Å²) in [6, 6.07) is 7.95. The molecule has 0 saturated carbocycles. The van der Waals surface area contributed by atoms with Crippen LogP contribution in [-0.4, -0.2) is 25.0 Å². The quantitative estimate of drug-likeness (QED) is 0.871. The predicted molar refractivity (Wildman–Crippen MR) is 79.3 cm³/mol. The Morgan fingerprint density at radius 2 is 2.14 bits per heavy atom. The van der Waals surface area contributed by atoms with Crippen molar-refractivity contribution in [3.05, 3.63) is 52.9 Å². The van der Waals surface area contributed by atoms with Gasteiger partial charge < -0.3 is 4.74 Å². The summed E-state index contributed by atoms with van der Waals surface area (Å²) in [5, 5.41) is 0.00512. The molecular formula is C15H14ClFN2O2. The first kappa shape index (κ1) is 15.3. The van der Waals surface area contributed by atoms with E-state index in [-0.39, 0.29) is 22.9 Å². The van der Waals surface area contributed by atoms with Gasteiger partial charge in [0.2, 0.25) is 5.91 Å². The average Bonchev–Trinajstić information content (AvgIpc) is 2.51. The fourth-order valence-electron chi connectivity index (χ4n) is 1.79. The summed E-state index contributed by atoms with van der Waals surface area (Å²) in [6.07, 6.45) is 1.43. The molecule has 0 aliphatic rings. The first-order chi connectivity index (χ1) is 10.0. The smallest absolute Gasteiger partial charge is 0.232 e. The molecule has 0 atom stereocenters. The van der Waals surface area contributed by atoms with Gasteiger partial charge in [0.1, 0.15) is 17.4 Å². The monoisotopic (exact) mass is 308 g/mol. The lowest BCUT2D eigenvalue weighted by Gasteiger charge is -2.16. The molecule has 2 rings (SSSR count). The predicted octanol–water partition coefficient (Wildman–Crippen LogP) is 3.09. The summed E-state index contributed by atoms with van der Waals surface area (Å²) in [6.45, 7) is 0. The molecule has 1 heterocycles. The summed E-state index contributed by atoms with van der Waals surface area (Å²) in [4.78, 5) is 17.6. The molecular weight excluding hydrogens is 295 g/mol. The Morgan fingerprint density at radius 1 is 1.38 bits per heavy atom. The van der Waals surface area contributed by atoms with Gasteiger partial charge in [0.05, 0.1) is 24.8 Å².